The van der Waals surface area contributed by atoms with Gasteiger partial charge in [0.2, 0.25) is 11.7 Å². The lowest BCUT2D eigenvalue weighted by Gasteiger charge is -2.17. The minimum atomic E-state index is -0.474. The van der Waals surface area contributed by atoms with Crippen LogP contribution in [0.25, 0.3) is 16.7 Å². The van der Waals surface area contributed by atoms with E-state index in [4.69, 9.17) is 9.47 Å². The molecule has 0 fully saturated rings. The average molecular weight is 500 g/mol. The van der Waals surface area contributed by atoms with Crippen molar-refractivity contribution in [2.75, 3.05) is 33.6 Å². The van der Waals surface area contributed by atoms with Crippen molar-refractivity contribution in [2.24, 2.45) is 0 Å². The standard InChI is InChI=1S/C24H26FN5O4S/c1-28(14-16-9-10-20(34-3)18(25)13-16)21(31)15-35-24-27-26-23-29(11-6-12-33-2)22(32)17-7-4-5-8-19(17)30(23)24/h4-5,7-10,13H,6,11-12,14-15H2,1-3H3. The van der Waals surface area contributed by atoms with E-state index >= 15 is 0 Å². The highest BCUT2D eigenvalue weighted by molar-refractivity contribution is 7.99. The minimum absolute atomic E-state index is 0.104. The number of hydrogen-bond acceptors (Lipinski definition) is 7. The van der Waals surface area contributed by atoms with Gasteiger partial charge >= 0.3 is 0 Å². The summed E-state index contributed by atoms with van der Waals surface area (Å²) in [6.07, 6.45) is 0.648. The molecule has 2 heterocycles. The molecule has 0 bridgehead atoms. The summed E-state index contributed by atoms with van der Waals surface area (Å²) in [5, 5.41) is 9.59. The molecule has 0 N–H and O–H groups in total. The Kier molecular flexibility index (Phi) is 7.67. The summed E-state index contributed by atoms with van der Waals surface area (Å²) < 4.78 is 27.4. The molecule has 0 atom stereocenters. The molecule has 2 aromatic carbocycles. The number of nitrogens with zero attached hydrogens (tertiary/aromatic N) is 5. The van der Waals surface area contributed by atoms with Crippen molar-refractivity contribution in [3.05, 3.63) is 64.2 Å². The minimum Gasteiger partial charge on any atom is -0.494 e. The van der Waals surface area contributed by atoms with E-state index in [1.807, 2.05) is 18.2 Å². The molecule has 0 radical (unpaired) electrons. The van der Waals surface area contributed by atoms with Gasteiger partial charge in [0.05, 0.1) is 23.8 Å². The molecule has 0 saturated carbocycles. The number of aromatic nitrogens is 4. The summed E-state index contributed by atoms with van der Waals surface area (Å²) in [6.45, 7) is 1.20. The molecule has 4 aromatic rings. The summed E-state index contributed by atoms with van der Waals surface area (Å²) in [7, 11) is 4.68. The fourth-order valence-corrected chi connectivity index (χ4v) is 4.68. The number of benzene rings is 2. The van der Waals surface area contributed by atoms with Gasteiger partial charge in [-0.1, -0.05) is 30.0 Å². The van der Waals surface area contributed by atoms with Crippen molar-refractivity contribution >= 4 is 34.3 Å². The zero-order valence-electron chi connectivity index (χ0n) is 19.7. The first-order valence-corrected chi connectivity index (χ1v) is 12.0. The molecule has 4 rings (SSSR count). The van der Waals surface area contributed by atoms with Crippen LogP contribution in [0.15, 0.2) is 52.4 Å². The normalized spacial score (nSPS) is 11.3. The number of hydrogen-bond donors (Lipinski definition) is 0. The van der Waals surface area contributed by atoms with Gasteiger partial charge in [0.15, 0.2) is 16.7 Å². The molecule has 2 aromatic heterocycles. The molecule has 11 heteroatoms. The second-order valence-electron chi connectivity index (χ2n) is 7.95. The first-order valence-electron chi connectivity index (χ1n) is 11.0. The molecule has 0 aliphatic carbocycles. The highest BCUT2D eigenvalue weighted by Gasteiger charge is 2.19. The monoisotopic (exact) mass is 499 g/mol. The lowest BCUT2D eigenvalue weighted by molar-refractivity contribution is -0.127. The largest absolute Gasteiger partial charge is 0.494 e. The Morgan fingerprint density at radius 1 is 1.17 bits per heavy atom. The van der Waals surface area contributed by atoms with Crippen LogP contribution in [-0.4, -0.2) is 63.6 Å². The Balaban J connectivity index is 1.56. The number of ether oxygens (including phenoxy) is 2. The van der Waals surface area contributed by atoms with Gasteiger partial charge in [-0.15, -0.1) is 10.2 Å². The summed E-state index contributed by atoms with van der Waals surface area (Å²) in [5.74, 6) is 0.0542. The number of amides is 1. The van der Waals surface area contributed by atoms with Crippen LogP contribution in [-0.2, 0) is 22.6 Å². The van der Waals surface area contributed by atoms with Gasteiger partial charge in [-0.2, -0.15) is 0 Å². The third-order valence-electron chi connectivity index (χ3n) is 5.59. The zero-order chi connectivity index (χ0) is 24.9. The van der Waals surface area contributed by atoms with E-state index in [1.54, 1.807) is 35.3 Å². The van der Waals surface area contributed by atoms with Gasteiger partial charge in [0.1, 0.15) is 0 Å². The van der Waals surface area contributed by atoms with Gasteiger partial charge in [0, 0.05) is 33.9 Å². The topological polar surface area (TPSA) is 91.0 Å². The lowest BCUT2D eigenvalue weighted by Crippen LogP contribution is -2.28. The zero-order valence-corrected chi connectivity index (χ0v) is 20.5. The quantitative estimate of drug-likeness (QED) is 0.245. The second kappa shape index (κ2) is 10.9. The smallest absolute Gasteiger partial charge is 0.262 e. The molecule has 184 valence electrons. The third kappa shape index (κ3) is 5.15. The van der Waals surface area contributed by atoms with Gasteiger partial charge in [-0.05, 0) is 36.2 Å². The summed E-state index contributed by atoms with van der Waals surface area (Å²) >= 11 is 1.23. The maximum absolute atomic E-state index is 14.0. The highest BCUT2D eigenvalue weighted by atomic mass is 32.2. The lowest BCUT2D eigenvalue weighted by atomic mass is 10.2. The van der Waals surface area contributed by atoms with E-state index < -0.39 is 5.82 Å². The van der Waals surface area contributed by atoms with Gasteiger partial charge in [-0.3, -0.25) is 18.6 Å². The van der Waals surface area contributed by atoms with Crippen LogP contribution in [0.2, 0.25) is 0 Å². The number of fused-ring (bicyclic) bond motifs is 3. The van der Waals surface area contributed by atoms with E-state index in [1.165, 1.54) is 35.9 Å². The summed E-state index contributed by atoms with van der Waals surface area (Å²) in [6, 6.07) is 11.9. The predicted octanol–water partition coefficient (Wildman–Crippen LogP) is 2.98. The maximum Gasteiger partial charge on any atom is 0.262 e. The maximum atomic E-state index is 14.0. The molecule has 0 spiro atoms. The van der Waals surface area contributed by atoms with E-state index in [0.29, 0.717) is 47.0 Å². The Bertz CT molecular complexity index is 1420. The van der Waals surface area contributed by atoms with Gasteiger partial charge in [0.25, 0.3) is 5.56 Å². The number of rotatable bonds is 10. The molecular formula is C24H26FN5O4S. The Morgan fingerprint density at radius 3 is 2.71 bits per heavy atom. The van der Waals surface area contributed by atoms with Crippen LogP contribution in [0.3, 0.4) is 0 Å². The molecule has 35 heavy (non-hydrogen) atoms. The predicted molar refractivity (Wildman–Crippen MR) is 131 cm³/mol. The average Bonchev–Trinajstić information content (AvgIpc) is 3.28. The van der Waals surface area contributed by atoms with Crippen molar-refractivity contribution in [1.29, 1.82) is 0 Å². The van der Waals surface area contributed by atoms with Crippen LogP contribution in [0.4, 0.5) is 4.39 Å². The molecule has 0 aliphatic rings. The molecular weight excluding hydrogens is 473 g/mol. The molecule has 0 unspecified atom stereocenters. The number of para-hydroxylation sites is 1. The second-order valence-corrected chi connectivity index (χ2v) is 8.89. The van der Waals surface area contributed by atoms with E-state index in [2.05, 4.69) is 10.2 Å². The van der Waals surface area contributed by atoms with Crippen LogP contribution in [0.5, 0.6) is 5.75 Å². The fraction of sp³-hybridized carbons (Fsp3) is 0.333. The molecule has 1 amide bonds. The summed E-state index contributed by atoms with van der Waals surface area (Å²) in [5.41, 5.74) is 1.19. The van der Waals surface area contributed by atoms with Crippen LogP contribution >= 0.6 is 11.8 Å². The number of methoxy groups -OCH3 is 2. The van der Waals surface area contributed by atoms with E-state index in [9.17, 15) is 14.0 Å². The van der Waals surface area contributed by atoms with Crippen molar-refractivity contribution in [1.82, 2.24) is 24.1 Å². The van der Waals surface area contributed by atoms with Crippen LogP contribution in [0.1, 0.15) is 12.0 Å². The molecule has 0 saturated heterocycles. The third-order valence-corrected chi connectivity index (χ3v) is 6.51. The first-order chi connectivity index (χ1) is 16.9. The number of aryl methyl sites for hydroxylation is 1. The highest BCUT2D eigenvalue weighted by Crippen LogP contribution is 2.23. The van der Waals surface area contributed by atoms with Crippen LogP contribution in [0, 0.1) is 5.82 Å². The van der Waals surface area contributed by atoms with Crippen molar-refractivity contribution in [2.45, 2.75) is 24.7 Å². The number of thioether (sulfide) groups is 1. The molecule has 0 aliphatic heterocycles. The SMILES string of the molecule is COCCCn1c(=O)c2ccccc2n2c(SCC(=O)N(C)Cc3ccc(OC)c(F)c3)nnc12. The van der Waals surface area contributed by atoms with Crippen molar-refractivity contribution < 1.29 is 18.7 Å². The van der Waals surface area contributed by atoms with Crippen molar-refractivity contribution in [3.8, 4) is 5.75 Å². The Morgan fingerprint density at radius 2 is 1.97 bits per heavy atom. The van der Waals surface area contributed by atoms with Crippen molar-refractivity contribution in [3.63, 3.8) is 0 Å². The fourth-order valence-electron chi connectivity index (χ4n) is 3.80. The Labute approximate surface area is 205 Å². The Hall–Kier alpha value is -3.44. The number of carbonyl (C=O) groups is 1. The first kappa shape index (κ1) is 24.7. The number of carbonyl (C=O) groups excluding carboxylic acids is 1. The number of halogens is 1. The van der Waals surface area contributed by atoms with E-state index in [-0.39, 0.29) is 29.5 Å². The van der Waals surface area contributed by atoms with Crippen LogP contribution < -0.4 is 10.3 Å². The van der Waals surface area contributed by atoms with E-state index in [0.717, 1.165) is 0 Å². The van der Waals surface area contributed by atoms with Gasteiger partial charge in [-0.25, -0.2) is 4.39 Å². The summed E-state index contributed by atoms with van der Waals surface area (Å²) in [4.78, 5) is 27.4. The van der Waals surface area contributed by atoms with Gasteiger partial charge < -0.3 is 14.4 Å². The molecule has 9 nitrogen and oxygen atoms in total.